The molecule has 2 heterocycles. The maximum absolute atomic E-state index is 11.8. The Kier molecular flexibility index (Phi) is 4.26. The molecule has 1 aliphatic rings. The average Bonchev–Trinajstić information content (AvgIpc) is 2.75. The number of aromatic nitrogens is 1. The van der Waals surface area contributed by atoms with Crippen LogP contribution in [0, 0.1) is 0 Å². The fraction of sp³-hybridized carbons (Fsp3) is 0.417. The Morgan fingerprint density at radius 1 is 1.53 bits per heavy atom. The highest BCUT2D eigenvalue weighted by Gasteiger charge is 2.23. The molecule has 1 aliphatic heterocycles. The van der Waals surface area contributed by atoms with Crippen molar-refractivity contribution in [2.24, 2.45) is 0 Å². The molecule has 19 heavy (non-hydrogen) atoms. The van der Waals surface area contributed by atoms with E-state index < -0.39 is 0 Å². The predicted octanol–water partition coefficient (Wildman–Crippen LogP) is 1.25. The van der Waals surface area contributed by atoms with Crippen molar-refractivity contribution >= 4 is 34.4 Å². The second-order valence-electron chi connectivity index (χ2n) is 4.38. The van der Waals surface area contributed by atoms with Gasteiger partial charge in [-0.2, -0.15) is 0 Å². The number of nitrogens with zero attached hydrogens (tertiary/aromatic N) is 3. The quantitative estimate of drug-likeness (QED) is 0.899. The van der Waals surface area contributed by atoms with Gasteiger partial charge < -0.3 is 15.1 Å². The number of rotatable bonds is 4. The van der Waals surface area contributed by atoms with Crippen LogP contribution in [0.25, 0.3) is 0 Å². The minimum atomic E-state index is -0.199. The van der Waals surface area contributed by atoms with E-state index in [0.717, 1.165) is 11.6 Å². The van der Waals surface area contributed by atoms with Crippen molar-refractivity contribution in [3.63, 3.8) is 0 Å². The SMILES string of the molecule is CN(C)c1ccc(NC(=O)CN2CCSC2=O)cn1. The minimum Gasteiger partial charge on any atom is -0.363 e. The monoisotopic (exact) mass is 280 g/mol. The molecule has 102 valence electrons. The van der Waals surface area contributed by atoms with E-state index in [4.69, 9.17) is 0 Å². The zero-order valence-electron chi connectivity index (χ0n) is 10.9. The summed E-state index contributed by atoms with van der Waals surface area (Å²) in [5.41, 5.74) is 0.634. The van der Waals surface area contributed by atoms with Crippen LogP contribution in [0.5, 0.6) is 0 Å². The Balaban J connectivity index is 1.89. The largest absolute Gasteiger partial charge is 0.363 e. The van der Waals surface area contributed by atoms with Gasteiger partial charge in [-0.05, 0) is 12.1 Å². The number of thioether (sulfide) groups is 1. The summed E-state index contributed by atoms with van der Waals surface area (Å²) in [5.74, 6) is 1.38. The summed E-state index contributed by atoms with van der Waals surface area (Å²) in [7, 11) is 3.80. The zero-order valence-corrected chi connectivity index (χ0v) is 11.7. The van der Waals surface area contributed by atoms with Crippen LogP contribution < -0.4 is 10.2 Å². The molecule has 2 rings (SSSR count). The maximum Gasteiger partial charge on any atom is 0.282 e. The van der Waals surface area contributed by atoms with Gasteiger partial charge in [-0.1, -0.05) is 11.8 Å². The van der Waals surface area contributed by atoms with E-state index in [2.05, 4.69) is 10.3 Å². The fourth-order valence-electron chi connectivity index (χ4n) is 1.67. The van der Waals surface area contributed by atoms with Gasteiger partial charge in [0.25, 0.3) is 5.24 Å². The molecule has 1 aromatic heterocycles. The molecular formula is C12H16N4O2S. The molecule has 0 saturated carbocycles. The zero-order chi connectivity index (χ0) is 13.8. The first-order chi connectivity index (χ1) is 9.06. The van der Waals surface area contributed by atoms with Crippen molar-refractivity contribution in [1.82, 2.24) is 9.88 Å². The van der Waals surface area contributed by atoms with E-state index in [1.165, 1.54) is 11.8 Å². The third-order valence-corrected chi connectivity index (χ3v) is 3.56. The molecule has 1 saturated heterocycles. The summed E-state index contributed by atoms with van der Waals surface area (Å²) in [4.78, 5) is 30.8. The van der Waals surface area contributed by atoms with Gasteiger partial charge in [-0.3, -0.25) is 9.59 Å². The van der Waals surface area contributed by atoms with Gasteiger partial charge >= 0.3 is 0 Å². The molecule has 0 spiro atoms. The van der Waals surface area contributed by atoms with Gasteiger partial charge in [-0.25, -0.2) is 4.98 Å². The Hall–Kier alpha value is -1.76. The molecule has 0 aliphatic carbocycles. The topological polar surface area (TPSA) is 65.5 Å². The third kappa shape index (κ3) is 3.60. The maximum atomic E-state index is 11.8. The summed E-state index contributed by atoms with van der Waals surface area (Å²) in [6.07, 6.45) is 1.60. The van der Waals surface area contributed by atoms with E-state index in [1.807, 2.05) is 25.1 Å². The lowest BCUT2D eigenvalue weighted by molar-refractivity contribution is -0.116. The first kappa shape index (κ1) is 13.7. The van der Waals surface area contributed by atoms with Crippen LogP contribution in [0.3, 0.4) is 0 Å². The van der Waals surface area contributed by atoms with Gasteiger partial charge in [-0.15, -0.1) is 0 Å². The highest BCUT2D eigenvalue weighted by molar-refractivity contribution is 8.13. The number of nitrogens with one attached hydrogen (secondary N) is 1. The normalized spacial score (nSPS) is 14.6. The Labute approximate surface area is 116 Å². The second-order valence-corrected chi connectivity index (χ2v) is 5.43. The summed E-state index contributed by atoms with van der Waals surface area (Å²) in [6, 6.07) is 3.62. The average molecular weight is 280 g/mol. The van der Waals surface area contributed by atoms with Crippen molar-refractivity contribution in [2.45, 2.75) is 0 Å². The standard InChI is InChI=1S/C12H16N4O2S/c1-15(2)10-4-3-9(7-13-10)14-11(17)8-16-5-6-19-12(16)18/h3-4,7H,5-6,8H2,1-2H3,(H,14,17). The van der Waals surface area contributed by atoms with Crippen molar-refractivity contribution in [1.29, 1.82) is 0 Å². The number of anilines is 2. The summed E-state index contributed by atoms with van der Waals surface area (Å²) in [5, 5.41) is 2.70. The number of pyridine rings is 1. The smallest absolute Gasteiger partial charge is 0.282 e. The summed E-state index contributed by atoms with van der Waals surface area (Å²) < 4.78 is 0. The minimum absolute atomic E-state index is 0.0313. The molecule has 1 fully saturated rings. The van der Waals surface area contributed by atoms with Gasteiger partial charge in [0.05, 0.1) is 11.9 Å². The van der Waals surface area contributed by atoms with E-state index >= 15 is 0 Å². The molecule has 0 radical (unpaired) electrons. The van der Waals surface area contributed by atoms with E-state index in [-0.39, 0.29) is 17.7 Å². The number of hydrogen-bond acceptors (Lipinski definition) is 5. The van der Waals surface area contributed by atoms with E-state index in [9.17, 15) is 9.59 Å². The molecule has 6 nitrogen and oxygen atoms in total. The van der Waals surface area contributed by atoms with Crippen molar-refractivity contribution < 1.29 is 9.59 Å². The van der Waals surface area contributed by atoms with Crippen molar-refractivity contribution in [3.05, 3.63) is 18.3 Å². The highest BCUT2D eigenvalue weighted by atomic mass is 32.2. The highest BCUT2D eigenvalue weighted by Crippen LogP contribution is 2.17. The fourth-order valence-corrected chi connectivity index (χ4v) is 2.49. The van der Waals surface area contributed by atoms with Crippen LogP contribution >= 0.6 is 11.8 Å². The summed E-state index contributed by atoms with van der Waals surface area (Å²) in [6.45, 7) is 0.732. The van der Waals surface area contributed by atoms with Crippen LogP contribution in [-0.2, 0) is 4.79 Å². The first-order valence-electron chi connectivity index (χ1n) is 5.91. The second kappa shape index (κ2) is 5.92. The lowest BCUT2D eigenvalue weighted by Gasteiger charge is -2.14. The lowest BCUT2D eigenvalue weighted by Crippen LogP contribution is -2.33. The predicted molar refractivity (Wildman–Crippen MR) is 76.6 cm³/mol. The summed E-state index contributed by atoms with van der Waals surface area (Å²) >= 11 is 1.25. The molecule has 0 bridgehead atoms. The Morgan fingerprint density at radius 2 is 2.32 bits per heavy atom. The third-order valence-electron chi connectivity index (χ3n) is 2.67. The Bertz CT molecular complexity index is 475. The van der Waals surface area contributed by atoms with Gasteiger partial charge in [0, 0.05) is 26.4 Å². The van der Waals surface area contributed by atoms with Crippen LogP contribution in [0.2, 0.25) is 0 Å². The molecule has 0 unspecified atom stereocenters. The number of hydrogen-bond donors (Lipinski definition) is 1. The Morgan fingerprint density at radius 3 is 2.84 bits per heavy atom. The first-order valence-corrected chi connectivity index (χ1v) is 6.90. The van der Waals surface area contributed by atoms with Crippen LogP contribution in [0.4, 0.5) is 16.3 Å². The van der Waals surface area contributed by atoms with Crippen LogP contribution in [0.15, 0.2) is 18.3 Å². The molecule has 0 aromatic carbocycles. The van der Waals surface area contributed by atoms with Crippen molar-refractivity contribution in [2.75, 3.05) is 43.2 Å². The van der Waals surface area contributed by atoms with E-state index in [0.29, 0.717) is 12.2 Å². The van der Waals surface area contributed by atoms with E-state index in [1.54, 1.807) is 17.2 Å². The number of carbonyl (C=O) groups is 2. The van der Waals surface area contributed by atoms with Crippen molar-refractivity contribution in [3.8, 4) is 0 Å². The number of carbonyl (C=O) groups excluding carboxylic acids is 2. The molecule has 1 N–H and O–H groups in total. The van der Waals surface area contributed by atoms with Gasteiger partial charge in [0.1, 0.15) is 12.4 Å². The number of amides is 2. The molecule has 2 amide bonds. The van der Waals surface area contributed by atoms with Crippen LogP contribution in [0.1, 0.15) is 0 Å². The molecule has 7 heteroatoms. The van der Waals surface area contributed by atoms with Crippen LogP contribution in [-0.4, -0.2) is 54.0 Å². The molecule has 1 aromatic rings. The molecule has 0 atom stereocenters. The lowest BCUT2D eigenvalue weighted by atomic mass is 10.3. The van der Waals surface area contributed by atoms with Gasteiger partial charge in [0.15, 0.2) is 0 Å². The van der Waals surface area contributed by atoms with Gasteiger partial charge in [0.2, 0.25) is 5.91 Å². The molecular weight excluding hydrogens is 264 g/mol.